The number of imidazole rings is 3. The van der Waals surface area contributed by atoms with Crippen molar-refractivity contribution in [3.63, 3.8) is 0 Å². The quantitative estimate of drug-likeness (QED) is 0.0236. The third kappa shape index (κ3) is 25.4. The van der Waals surface area contributed by atoms with Crippen molar-refractivity contribution >= 4 is 119 Å². The van der Waals surface area contributed by atoms with Crippen molar-refractivity contribution in [1.29, 1.82) is 0 Å². The minimum atomic E-state index is -1.72. The summed E-state index contributed by atoms with van der Waals surface area (Å²) in [4.78, 5) is 249. The highest BCUT2D eigenvalue weighted by atomic mass is 32.2. The van der Waals surface area contributed by atoms with E-state index in [9.17, 15) is 82.1 Å². The standard InChI is InChI=1S/C71H108N22O18S2/c1-7-37(4)56(66(105)81-43(16-17-54(73)95)58(97)82-44(24-36(2)3)59(98)86-48(28-55(74)96)69(108)91-20-9-13-51(91)63(102)87-49(32-112)71(110)111)88-64(103)53-15-11-22-93(53)70(109)57(38(5)94)89-65(104)52-14-10-21-92(52)68(107)47(27-41-31-77-35-80-41)85-61(100)45(25-39-29-75-33-78-39)83-60(99)46(26-40-30-76-34-79-40)84-62(101)50-12-8-19-90(50)67(106)42(72)18-23-113-6/h29-31,33-38,42-53,56-57,94,112H,7-28,32,72H2,1-6H3,(H2,73,95)(H2,74,96)(H,75,78)(H,76,79)(H,77,80)(H,81,105)(H,82,97)(H,83,99)(H,84,101)(H,85,100)(H,86,98)(H,87,102)(H,88,103)(H,89,104)(H,110,111)/t37-,38+,42-,43-,44-,45-,46-,47-,48-,49-,50-,51-,52-,53-,56-,57-/m0/s1. The largest absolute Gasteiger partial charge is 0.480 e. The van der Waals surface area contributed by atoms with Gasteiger partial charge < -0.3 is 110 Å². The third-order valence-corrected chi connectivity index (χ3v) is 21.4. The summed E-state index contributed by atoms with van der Waals surface area (Å²) in [6, 6.07) is -19.2. The Morgan fingerprint density at radius 3 is 1.32 bits per heavy atom. The molecule has 42 heteroatoms. The van der Waals surface area contributed by atoms with Crippen LogP contribution in [0.2, 0.25) is 0 Å². The van der Waals surface area contributed by atoms with Crippen molar-refractivity contribution < 1.29 is 86.9 Å². The van der Waals surface area contributed by atoms with Crippen LogP contribution in [0.4, 0.5) is 0 Å². The highest BCUT2D eigenvalue weighted by molar-refractivity contribution is 7.98. The van der Waals surface area contributed by atoms with Crippen molar-refractivity contribution in [2.24, 2.45) is 29.0 Å². The van der Waals surface area contributed by atoms with Gasteiger partial charge in [-0.2, -0.15) is 24.4 Å². The van der Waals surface area contributed by atoms with Crippen molar-refractivity contribution in [2.45, 2.75) is 234 Å². The van der Waals surface area contributed by atoms with Crippen molar-refractivity contribution in [1.82, 2.24) is 97.4 Å². The third-order valence-electron chi connectivity index (χ3n) is 20.4. The lowest BCUT2D eigenvalue weighted by Crippen LogP contribution is -2.62. The van der Waals surface area contributed by atoms with E-state index in [2.05, 4.69) is 90.4 Å². The molecular formula is C71H108N22O18S2. The molecule has 20 N–H and O–H groups in total. The van der Waals surface area contributed by atoms with Gasteiger partial charge in [-0.3, -0.25) is 71.9 Å². The lowest BCUT2D eigenvalue weighted by Gasteiger charge is -2.33. The van der Waals surface area contributed by atoms with E-state index < -0.39 is 210 Å². The topological polar surface area (TPSA) is 599 Å². The van der Waals surface area contributed by atoms with E-state index in [0.29, 0.717) is 48.5 Å². The van der Waals surface area contributed by atoms with E-state index in [1.165, 1.54) is 66.1 Å². The number of hydrogen-bond donors (Lipinski definition) is 18. The van der Waals surface area contributed by atoms with E-state index in [-0.39, 0.29) is 102 Å². The van der Waals surface area contributed by atoms with Crippen LogP contribution in [-0.4, -0.2) is 289 Å². The molecule has 0 aliphatic carbocycles. The first-order valence-corrected chi connectivity index (χ1v) is 40.0. The highest BCUT2D eigenvalue weighted by Gasteiger charge is 2.47. The number of nitrogens with zero attached hydrogens (tertiary/aromatic N) is 7. The molecule has 622 valence electrons. The van der Waals surface area contributed by atoms with Gasteiger partial charge in [0.25, 0.3) is 0 Å². The number of carbonyl (C=O) groups is 16. The monoisotopic (exact) mass is 1620 g/mol. The van der Waals surface area contributed by atoms with Crippen LogP contribution in [0, 0.1) is 11.8 Å². The van der Waals surface area contributed by atoms with Gasteiger partial charge in [-0.05, 0) is 101 Å². The molecule has 16 atom stereocenters. The first-order chi connectivity index (χ1) is 53.7. The number of aromatic amines is 3. The molecule has 4 aliphatic rings. The van der Waals surface area contributed by atoms with E-state index >= 15 is 4.79 Å². The summed E-state index contributed by atoms with van der Waals surface area (Å²) in [5.41, 5.74) is 18.5. The van der Waals surface area contributed by atoms with E-state index in [1.54, 1.807) is 27.7 Å². The van der Waals surface area contributed by atoms with Crippen LogP contribution >= 0.6 is 24.4 Å². The van der Waals surface area contributed by atoms with Crippen LogP contribution in [0.5, 0.6) is 0 Å². The summed E-state index contributed by atoms with van der Waals surface area (Å²) in [5.74, 6) is -14.7. The molecule has 15 amide bonds. The molecule has 0 aromatic carbocycles. The highest BCUT2D eigenvalue weighted by Crippen LogP contribution is 2.26. The number of carboxylic acids is 1. The second-order valence-corrected chi connectivity index (χ2v) is 30.7. The Hall–Kier alpha value is -10.2. The molecule has 0 spiro atoms. The van der Waals surface area contributed by atoms with Gasteiger partial charge in [0.05, 0.1) is 37.5 Å². The number of primary amides is 2. The van der Waals surface area contributed by atoms with Gasteiger partial charge in [-0.1, -0.05) is 34.1 Å². The fraction of sp³-hybridized carbons (Fsp3) is 0.648. The summed E-state index contributed by atoms with van der Waals surface area (Å²) in [6.45, 7) is 8.16. The Kier molecular flexibility index (Phi) is 34.3. The second kappa shape index (κ2) is 43.1. The number of H-pyrrole nitrogens is 3. The molecule has 4 aliphatic heterocycles. The molecule has 40 nitrogen and oxygen atoms in total. The second-order valence-electron chi connectivity index (χ2n) is 29.3. The van der Waals surface area contributed by atoms with E-state index in [1.807, 2.05) is 6.26 Å². The molecule has 4 fully saturated rings. The molecule has 0 bridgehead atoms. The normalized spacial score (nSPS) is 20.0. The van der Waals surface area contributed by atoms with Gasteiger partial charge >= 0.3 is 5.97 Å². The number of carbonyl (C=O) groups excluding carboxylic acids is 15. The maximum Gasteiger partial charge on any atom is 0.327 e. The molecular weight excluding hydrogens is 1510 g/mol. The van der Waals surface area contributed by atoms with E-state index in [0.717, 1.165) is 9.80 Å². The van der Waals surface area contributed by atoms with Gasteiger partial charge in [0.15, 0.2) is 0 Å². The van der Waals surface area contributed by atoms with Crippen LogP contribution in [-0.2, 0) is 96.0 Å². The SMILES string of the molecule is CC[C@H](C)[C@H](NC(=O)[C@@H]1CCCN1C(=O)[C@@H](NC(=O)[C@@H]1CCCN1C(=O)[C@H](Cc1cnc[nH]1)NC(=O)[C@H](Cc1cnc[nH]1)NC(=O)[C@H](Cc1cnc[nH]1)NC(=O)[C@@H]1CCCN1C(=O)[C@@H](N)CCSC)[C@@H](C)O)C(=O)N[C@@H](CCC(N)=O)C(=O)N[C@@H](CC(C)C)C(=O)N[C@@H](CC(N)=O)C(=O)N1CCC[C@H]1C(=O)N[C@@H](CS)C(=O)O. The number of aliphatic hydroxyl groups is 1. The van der Waals surface area contributed by atoms with Gasteiger partial charge in [-0.15, -0.1) is 0 Å². The number of nitrogens with two attached hydrogens (primary N) is 3. The summed E-state index contributed by atoms with van der Waals surface area (Å²) in [6.07, 6.45) is 8.82. The number of aliphatic carboxylic acids is 1. The molecule has 4 saturated heterocycles. The Balaban J connectivity index is 1.04. The molecule has 0 unspecified atom stereocenters. The smallest absolute Gasteiger partial charge is 0.327 e. The first kappa shape index (κ1) is 90.0. The summed E-state index contributed by atoms with van der Waals surface area (Å²) in [5, 5.41) is 44.4. The fourth-order valence-electron chi connectivity index (χ4n) is 14.2. The number of thiol groups is 1. The lowest BCUT2D eigenvalue weighted by molar-refractivity contribution is -0.146. The summed E-state index contributed by atoms with van der Waals surface area (Å²) < 4.78 is 0. The predicted molar refractivity (Wildman–Crippen MR) is 408 cm³/mol. The minimum absolute atomic E-state index is 0.0145. The number of hydrogen-bond acceptors (Lipinski definition) is 23. The zero-order valence-corrected chi connectivity index (χ0v) is 65.9. The van der Waals surface area contributed by atoms with Crippen molar-refractivity contribution in [3.8, 4) is 0 Å². The Labute approximate surface area is 662 Å². The number of aromatic nitrogens is 6. The Morgan fingerprint density at radius 2 is 0.894 bits per heavy atom. The minimum Gasteiger partial charge on any atom is -0.480 e. The van der Waals surface area contributed by atoms with E-state index in [4.69, 9.17) is 17.2 Å². The number of carboxylic acid groups (broad SMARTS) is 1. The number of aliphatic hydroxyl groups excluding tert-OH is 1. The summed E-state index contributed by atoms with van der Waals surface area (Å²) >= 11 is 5.50. The maximum atomic E-state index is 15.1. The molecule has 3 aromatic heterocycles. The molecule has 3 aromatic rings. The van der Waals surface area contributed by atoms with Crippen molar-refractivity contribution in [3.05, 3.63) is 54.7 Å². The van der Waals surface area contributed by atoms with Crippen LogP contribution in [0.3, 0.4) is 0 Å². The zero-order valence-electron chi connectivity index (χ0n) is 64.2. The van der Waals surface area contributed by atoms with Crippen LogP contribution in [0.1, 0.15) is 142 Å². The van der Waals surface area contributed by atoms with Gasteiger partial charge in [0, 0.05) is 93.3 Å². The van der Waals surface area contributed by atoms with Crippen LogP contribution < -0.4 is 65.1 Å². The molecule has 0 radical (unpaired) electrons. The number of amides is 15. The van der Waals surface area contributed by atoms with Gasteiger partial charge in [0.2, 0.25) is 88.6 Å². The number of rotatable bonds is 43. The summed E-state index contributed by atoms with van der Waals surface area (Å²) in [7, 11) is 0. The molecule has 7 heterocycles. The average molecular weight is 1620 g/mol. The fourth-order valence-corrected chi connectivity index (χ4v) is 14.9. The van der Waals surface area contributed by atoms with Crippen molar-refractivity contribution in [2.75, 3.05) is 43.9 Å². The van der Waals surface area contributed by atoms with Gasteiger partial charge in [0.1, 0.15) is 78.5 Å². The predicted octanol–water partition coefficient (Wildman–Crippen LogP) is -5.08. The lowest BCUT2D eigenvalue weighted by atomic mass is 9.96. The average Bonchev–Trinajstić information content (AvgIpc) is 1.69. The maximum absolute atomic E-state index is 15.1. The molecule has 7 rings (SSSR count). The van der Waals surface area contributed by atoms with Gasteiger partial charge in [-0.25, -0.2) is 19.7 Å². The number of likely N-dealkylation sites (tertiary alicyclic amines) is 4. The number of thioether (sulfide) groups is 1. The first-order valence-electron chi connectivity index (χ1n) is 38.0. The molecule has 0 saturated carbocycles. The zero-order chi connectivity index (χ0) is 82.9. The Bertz CT molecular complexity index is 3820. The van der Waals surface area contributed by atoms with Crippen LogP contribution in [0.25, 0.3) is 0 Å². The molecule has 113 heavy (non-hydrogen) atoms. The Morgan fingerprint density at radius 1 is 0.504 bits per heavy atom. The van der Waals surface area contributed by atoms with Crippen LogP contribution in [0.15, 0.2) is 37.6 Å². The number of nitrogens with one attached hydrogen (secondary N) is 12.